The number of nitrogens with zero attached hydrogens (tertiary/aromatic N) is 3. The first kappa shape index (κ1) is 14.1. The molecule has 1 aliphatic heterocycles. The number of aromatic nitrogens is 2. The normalized spacial score (nSPS) is 18.0. The molecule has 4 rings (SSSR count). The van der Waals surface area contributed by atoms with Crippen LogP contribution >= 0.6 is 0 Å². The van der Waals surface area contributed by atoms with E-state index in [1.807, 2.05) is 53.0 Å². The number of hydrogen-bond acceptors (Lipinski definition) is 3. The molecule has 5 nitrogen and oxygen atoms in total. The van der Waals surface area contributed by atoms with Gasteiger partial charge in [0, 0.05) is 24.3 Å². The van der Waals surface area contributed by atoms with Crippen LogP contribution in [-0.2, 0) is 6.54 Å². The number of furan rings is 1. The topological polar surface area (TPSA) is 51.3 Å². The Morgan fingerprint density at radius 2 is 2.30 bits per heavy atom. The van der Waals surface area contributed by atoms with E-state index >= 15 is 0 Å². The number of rotatable bonds is 3. The second-order valence-electron chi connectivity index (χ2n) is 6.13. The Labute approximate surface area is 134 Å². The van der Waals surface area contributed by atoms with Crippen molar-refractivity contribution in [3.05, 3.63) is 54.0 Å². The molecule has 2 aromatic heterocycles. The van der Waals surface area contributed by atoms with Crippen LogP contribution < -0.4 is 0 Å². The van der Waals surface area contributed by atoms with Crippen molar-refractivity contribution in [1.29, 1.82) is 0 Å². The molecule has 1 fully saturated rings. The van der Waals surface area contributed by atoms with Gasteiger partial charge in [0.1, 0.15) is 5.58 Å². The molecule has 0 N–H and O–H groups in total. The van der Waals surface area contributed by atoms with Crippen molar-refractivity contribution >= 4 is 16.9 Å². The Bertz CT molecular complexity index is 835. The van der Waals surface area contributed by atoms with Crippen LogP contribution in [0.5, 0.6) is 0 Å². The van der Waals surface area contributed by atoms with E-state index in [1.165, 1.54) is 0 Å². The number of carbonyl (C=O) groups is 1. The van der Waals surface area contributed by atoms with E-state index in [1.54, 1.807) is 6.20 Å². The maximum Gasteiger partial charge on any atom is 0.289 e. The van der Waals surface area contributed by atoms with Crippen LogP contribution in [0.25, 0.3) is 11.0 Å². The van der Waals surface area contributed by atoms with Crippen LogP contribution in [0.2, 0.25) is 0 Å². The molecule has 3 heterocycles. The van der Waals surface area contributed by atoms with E-state index in [0.29, 0.717) is 5.76 Å². The molecule has 0 aliphatic carbocycles. The van der Waals surface area contributed by atoms with Crippen molar-refractivity contribution in [1.82, 2.24) is 14.7 Å². The fraction of sp³-hybridized carbons (Fsp3) is 0.333. The third-order valence-corrected chi connectivity index (χ3v) is 4.55. The first-order chi connectivity index (χ1) is 11.2. The molecular weight excluding hydrogens is 290 g/mol. The number of carbonyl (C=O) groups excluding carboxylic acids is 1. The maximum absolute atomic E-state index is 12.9. The van der Waals surface area contributed by atoms with E-state index < -0.39 is 0 Å². The van der Waals surface area contributed by atoms with Gasteiger partial charge < -0.3 is 9.32 Å². The summed E-state index contributed by atoms with van der Waals surface area (Å²) < 4.78 is 7.73. The Hall–Kier alpha value is -2.56. The molecule has 5 heteroatoms. The van der Waals surface area contributed by atoms with E-state index in [4.69, 9.17) is 4.42 Å². The summed E-state index contributed by atoms with van der Waals surface area (Å²) in [7, 11) is 0. The minimum atomic E-state index is -0.0183. The highest BCUT2D eigenvalue weighted by Gasteiger charge is 2.31. The van der Waals surface area contributed by atoms with E-state index in [2.05, 4.69) is 5.10 Å². The maximum atomic E-state index is 12.9. The minimum absolute atomic E-state index is 0.0183. The average molecular weight is 309 g/mol. The van der Waals surface area contributed by atoms with Gasteiger partial charge in [-0.2, -0.15) is 5.10 Å². The number of aryl methyl sites for hydroxylation is 1. The summed E-state index contributed by atoms with van der Waals surface area (Å²) in [5, 5.41) is 5.23. The third kappa shape index (κ3) is 2.52. The highest BCUT2D eigenvalue weighted by molar-refractivity contribution is 5.97. The molecule has 3 aromatic rings. The van der Waals surface area contributed by atoms with Gasteiger partial charge >= 0.3 is 0 Å². The number of para-hydroxylation sites is 1. The van der Waals surface area contributed by atoms with Gasteiger partial charge in [0.15, 0.2) is 5.76 Å². The summed E-state index contributed by atoms with van der Waals surface area (Å²) in [6.45, 7) is 3.51. The SMILES string of the molecule is Cc1cccc2cc(C(=O)N3CCC[C@@H]3Cn3cccn3)oc12. The number of benzene rings is 1. The van der Waals surface area contributed by atoms with Gasteiger partial charge in [-0.05, 0) is 37.5 Å². The first-order valence-corrected chi connectivity index (χ1v) is 8.00. The summed E-state index contributed by atoms with van der Waals surface area (Å²) in [5.41, 5.74) is 1.86. The van der Waals surface area contributed by atoms with Gasteiger partial charge in [-0.15, -0.1) is 0 Å². The lowest BCUT2D eigenvalue weighted by Gasteiger charge is -2.23. The molecule has 0 unspecified atom stereocenters. The quantitative estimate of drug-likeness (QED) is 0.746. The van der Waals surface area contributed by atoms with Gasteiger partial charge in [0.25, 0.3) is 5.91 Å². The number of hydrogen-bond donors (Lipinski definition) is 0. The fourth-order valence-corrected chi connectivity index (χ4v) is 3.37. The van der Waals surface area contributed by atoms with Crippen LogP contribution in [0, 0.1) is 6.92 Å². The minimum Gasteiger partial charge on any atom is -0.451 e. The standard InChI is InChI=1S/C18H19N3O2/c1-13-5-2-6-14-11-16(23-17(13)14)18(22)21-10-3-7-15(21)12-20-9-4-8-19-20/h2,4-6,8-9,11,15H,3,7,10,12H2,1H3/t15-/m1/s1. The number of likely N-dealkylation sites (tertiary alicyclic amines) is 1. The zero-order valence-electron chi connectivity index (χ0n) is 13.1. The van der Waals surface area contributed by atoms with Crippen molar-refractivity contribution in [2.45, 2.75) is 32.4 Å². The molecule has 23 heavy (non-hydrogen) atoms. The molecule has 0 spiro atoms. The fourth-order valence-electron chi connectivity index (χ4n) is 3.37. The second-order valence-corrected chi connectivity index (χ2v) is 6.13. The summed E-state index contributed by atoms with van der Waals surface area (Å²) >= 11 is 0. The lowest BCUT2D eigenvalue weighted by molar-refractivity contribution is 0.0691. The number of amides is 1. The van der Waals surface area contributed by atoms with Crippen LogP contribution in [0.3, 0.4) is 0 Å². The lowest BCUT2D eigenvalue weighted by atomic mass is 10.2. The van der Waals surface area contributed by atoms with E-state index in [-0.39, 0.29) is 11.9 Å². The smallest absolute Gasteiger partial charge is 0.289 e. The summed E-state index contributed by atoms with van der Waals surface area (Å²) in [4.78, 5) is 14.8. The molecule has 1 aromatic carbocycles. The average Bonchev–Trinajstić information content (AvgIpc) is 3.27. The molecule has 118 valence electrons. The zero-order valence-corrected chi connectivity index (χ0v) is 13.1. The molecule has 1 saturated heterocycles. The van der Waals surface area contributed by atoms with E-state index in [9.17, 15) is 4.79 Å². The summed E-state index contributed by atoms with van der Waals surface area (Å²) in [5.74, 6) is 0.414. The highest BCUT2D eigenvalue weighted by atomic mass is 16.3. The van der Waals surface area contributed by atoms with Crippen LogP contribution in [0.1, 0.15) is 29.0 Å². The molecule has 0 bridgehead atoms. The lowest BCUT2D eigenvalue weighted by Crippen LogP contribution is -2.38. The zero-order chi connectivity index (χ0) is 15.8. The molecule has 1 amide bonds. The Kier molecular flexibility index (Phi) is 3.41. The van der Waals surface area contributed by atoms with Gasteiger partial charge in [0.05, 0.1) is 12.6 Å². The Morgan fingerprint density at radius 1 is 1.39 bits per heavy atom. The summed E-state index contributed by atoms with van der Waals surface area (Å²) in [6, 6.07) is 9.90. The van der Waals surface area contributed by atoms with Crippen molar-refractivity contribution in [2.24, 2.45) is 0 Å². The van der Waals surface area contributed by atoms with Crippen LogP contribution in [-0.4, -0.2) is 33.2 Å². The highest BCUT2D eigenvalue weighted by Crippen LogP contribution is 2.26. The first-order valence-electron chi connectivity index (χ1n) is 8.00. The van der Waals surface area contributed by atoms with Gasteiger partial charge in [0.2, 0.25) is 0 Å². The van der Waals surface area contributed by atoms with Crippen molar-refractivity contribution < 1.29 is 9.21 Å². The second kappa shape index (κ2) is 5.57. The Balaban J connectivity index is 1.60. The van der Waals surface area contributed by atoms with Crippen molar-refractivity contribution in [3.8, 4) is 0 Å². The van der Waals surface area contributed by atoms with Gasteiger partial charge in [-0.3, -0.25) is 9.48 Å². The van der Waals surface area contributed by atoms with Crippen molar-refractivity contribution in [3.63, 3.8) is 0 Å². The molecule has 1 atom stereocenters. The third-order valence-electron chi connectivity index (χ3n) is 4.55. The molecule has 0 radical (unpaired) electrons. The molecular formula is C18H19N3O2. The largest absolute Gasteiger partial charge is 0.451 e. The van der Waals surface area contributed by atoms with E-state index in [0.717, 1.165) is 42.5 Å². The Morgan fingerprint density at radius 3 is 3.09 bits per heavy atom. The monoisotopic (exact) mass is 309 g/mol. The molecule has 1 aliphatic rings. The van der Waals surface area contributed by atoms with Gasteiger partial charge in [-0.1, -0.05) is 18.2 Å². The summed E-state index contributed by atoms with van der Waals surface area (Å²) in [6.07, 6.45) is 5.73. The number of fused-ring (bicyclic) bond motifs is 1. The van der Waals surface area contributed by atoms with Gasteiger partial charge in [-0.25, -0.2) is 0 Å². The molecule has 0 saturated carbocycles. The van der Waals surface area contributed by atoms with Crippen molar-refractivity contribution in [2.75, 3.05) is 6.54 Å². The van der Waals surface area contributed by atoms with Crippen LogP contribution in [0.4, 0.5) is 0 Å². The predicted octanol–water partition coefficient (Wildman–Crippen LogP) is 3.24. The van der Waals surface area contributed by atoms with Crippen LogP contribution in [0.15, 0.2) is 47.1 Å². The predicted molar refractivity (Wildman–Crippen MR) is 87.2 cm³/mol.